The van der Waals surface area contributed by atoms with Crippen LogP contribution in [0.4, 0.5) is 0 Å². The zero-order valence-corrected chi connectivity index (χ0v) is 7.33. The first-order valence-corrected chi connectivity index (χ1v) is 4.66. The van der Waals surface area contributed by atoms with Crippen LogP contribution in [0, 0.1) is 0 Å². The minimum atomic E-state index is 0.603. The maximum atomic E-state index is 3.34. The second kappa shape index (κ2) is 2.57. The Hall–Kier alpha value is -1.34. The summed E-state index contributed by atoms with van der Waals surface area (Å²) in [6, 6.07) is 15.7. The predicted molar refractivity (Wildman–Crippen MR) is 54.7 cm³/mol. The highest BCUT2D eigenvalue weighted by Crippen LogP contribution is 2.28. The van der Waals surface area contributed by atoms with Crippen LogP contribution >= 0.6 is 0 Å². The molecule has 64 valence electrons. The van der Waals surface area contributed by atoms with Gasteiger partial charge in [0.2, 0.25) is 0 Å². The molecule has 2 aromatic rings. The summed E-state index contributed by atoms with van der Waals surface area (Å²) in [4.78, 5) is 0. The van der Waals surface area contributed by atoms with Gasteiger partial charge in [-0.15, -0.1) is 0 Å². The van der Waals surface area contributed by atoms with Crippen LogP contribution in [0.2, 0.25) is 0 Å². The molecule has 0 aromatic heterocycles. The average Bonchev–Trinajstić information content (AvgIpc) is 3.00. The second-order valence-corrected chi connectivity index (χ2v) is 3.53. The van der Waals surface area contributed by atoms with Crippen LogP contribution in [0.5, 0.6) is 0 Å². The first kappa shape index (κ1) is 7.10. The van der Waals surface area contributed by atoms with E-state index in [1.165, 1.54) is 16.3 Å². The van der Waals surface area contributed by atoms with Gasteiger partial charge in [0.15, 0.2) is 0 Å². The van der Waals surface area contributed by atoms with Gasteiger partial charge in [0.1, 0.15) is 0 Å². The molecule has 0 spiro atoms. The summed E-state index contributed by atoms with van der Waals surface area (Å²) in [6.45, 7) is 1.13. The lowest BCUT2D eigenvalue weighted by Gasteiger charge is -2.02. The van der Waals surface area contributed by atoms with E-state index in [9.17, 15) is 0 Å². The van der Waals surface area contributed by atoms with Crippen LogP contribution < -0.4 is 5.32 Å². The van der Waals surface area contributed by atoms with Gasteiger partial charge in [0.25, 0.3) is 0 Å². The molecule has 1 nitrogen and oxygen atoms in total. The summed E-state index contributed by atoms with van der Waals surface area (Å²) in [5.74, 6) is 0. The molecule has 1 aliphatic heterocycles. The minimum Gasteiger partial charge on any atom is -0.307 e. The normalized spacial score (nSPS) is 20.5. The number of benzene rings is 2. The predicted octanol–water partition coefficient (Wildman–Crippen LogP) is 2.48. The maximum absolute atomic E-state index is 3.34. The van der Waals surface area contributed by atoms with Gasteiger partial charge < -0.3 is 5.32 Å². The molecule has 1 atom stereocenters. The topological polar surface area (TPSA) is 21.9 Å². The third kappa shape index (κ3) is 1.12. The third-order valence-corrected chi connectivity index (χ3v) is 2.61. The van der Waals surface area contributed by atoms with Crippen molar-refractivity contribution >= 4 is 10.8 Å². The van der Waals surface area contributed by atoms with Crippen LogP contribution in [0.1, 0.15) is 11.6 Å². The van der Waals surface area contributed by atoms with Crippen molar-refractivity contribution in [2.45, 2.75) is 6.04 Å². The summed E-state index contributed by atoms with van der Waals surface area (Å²) < 4.78 is 0. The van der Waals surface area contributed by atoms with Crippen LogP contribution in [0.15, 0.2) is 42.5 Å². The van der Waals surface area contributed by atoms with Crippen molar-refractivity contribution in [3.63, 3.8) is 0 Å². The molecule has 0 bridgehead atoms. The van der Waals surface area contributed by atoms with Crippen molar-refractivity contribution in [2.75, 3.05) is 6.54 Å². The van der Waals surface area contributed by atoms with Crippen molar-refractivity contribution in [3.8, 4) is 0 Å². The summed E-state index contributed by atoms with van der Waals surface area (Å²) >= 11 is 0. The highest BCUT2D eigenvalue weighted by Gasteiger charge is 2.23. The van der Waals surface area contributed by atoms with E-state index in [1.54, 1.807) is 0 Å². The van der Waals surface area contributed by atoms with Gasteiger partial charge in [0.05, 0.1) is 0 Å². The van der Waals surface area contributed by atoms with E-state index in [4.69, 9.17) is 0 Å². The molecule has 1 N–H and O–H groups in total. The highest BCUT2D eigenvalue weighted by atomic mass is 15.1. The minimum absolute atomic E-state index is 0.603. The van der Waals surface area contributed by atoms with Gasteiger partial charge in [-0.25, -0.2) is 0 Å². The fourth-order valence-corrected chi connectivity index (χ4v) is 1.83. The van der Waals surface area contributed by atoms with Crippen LogP contribution in [-0.2, 0) is 0 Å². The molecule has 1 heteroatoms. The smallest absolute Gasteiger partial charge is 0.0453 e. The standard InChI is InChI=1S/C12H11N/c1-2-6-10-9(4-1)5-3-7-11(10)12-8-13-12/h1-7,12-13H,8H2/t12-/m1/s1. The first-order valence-electron chi connectivity index (χ1n) is 4.66. The lowest BCUT2D eigenvalue weighted by atomic mass is 10.0. The molecule has 1 aliphatic rings. The zero-order chi connectivity index (χ0) is 8.67. The van der Waals surface area contributed by atoms with E-state index in [0.717, 1.165) is 6.54 Å². The Morgan fingerprint density at radius 2 is 1.77 bits per heavy atom. The Labute approximate surface area is 77.4 Å². The third-order valence-electron chi connectivity index (χ3n) is 2.61. The van der Waals surface area contributed by atoms with Crippen molar-refractivity contribution in [3.05, 3.63) is 48.0 Å². The van der Waals surface area contributed by atoms with Crippen molar-refractivity contribution in [1.82, 2.24) is 5.32 Å². The van der Waals surface area contributed by atoms with Gasteiger partial charge in [-0.3, -0.25) is 0 Å². The van der Waals surface area contributed by atoms with E-state index >= 15 is 0 Å². The molecule has 0 radical (unpaired) electrons. The largest absolute Gasteiger partial charge is 0.307 e. The molecule has 0 aliphatic carbocycles. The molecule has 0 saturated carbocycles. The number of fused-ring (bicyclic) bond motifs is 1. The summed E-state index contributed by atoms with van der Waals surface area (Å²) in [5, 5.41) is 6.07. The van der Waals surface area contributed by atoms with Crippen molar-refractivity contribution < 1.29 is 0 Å². The Balaban J connectivity index is 2.32. The van der Waals surface area contributed by atoms with E-state index < -0.39 is 0 Å². The lowest BCUT2D eigenvalue weighted by Crippen LogP contribution is -1.85. The average molecular weight is 169 g/mol. The molecular formula is C12H11N. The maximum Gasteiger partial charge on any atom is 0.0453 e. The Morgan fingerprint density at radius 3 is 2.62 bits per heavy atom. The van der Waals surface area contributed by atoms with Gasteiger partial charge in [-0.1, -0.05) is 42.5 Å². The van der Waals surface area contributed by atoms with Crippen LogP contribution in [-0.4, -0.2) is 6.54 Å². The lowest BCUT2D eigenvalue weighted by molar-refractivity contribution is 1.09. The highest BCUT2D eigenvalue weighted by molar-refractivity contribution is 5.86. The van der Waals surface area contributed by atoms with Gasteiger partial charge in [0, 0.05) is 12.6 Å². The monoisotopic (exact) mass is 169 g/mol. The number of nitrogens with one attached hydrogen (secondary N) is 1. The first-order chi connectivity index (χ1) is 6.45. The molecular weight excluding hydrogens is 158 g/mol. The number of rotatable bonds is 1. The molecule has 1 fully saturated rings. The van der Waals surface area contributed by atoms with Crippen LogP contribution in [0.25, 0.3) is 10.8 Å². The van der Waals surface area contributed by atoms with Gasteiger partial charge >= 0.3 is 0 Å². The van der Waals surface area contributed by atoms with E-state index in [-0.39, 0.29) is 0 Å². The zero-order valence-electron chi connectivity index (χ0n) is 7.33. The van der Waals surface area contributed by atoms with E-state index in [0.29, 0.717) is 6.04 Å². The summed E-state index contributed by atoms with van der Waals surface area (Å²) in [5.41, 5.74) is 1.44. The fourth-order valence-electron chi connectivity index (χ4n) is 1.83. The molecule has 13 heavy (non-hydrogen) atoms. The van der Waals surface area contributed by atoms with Gasteiger partial charge in [-0.05, 0) is 16.3 Å². The van der Waals surface area contributed by atoms with Crippen molar-refractivity contribution in [1.29, 1.82) is 0 Å². The molecule has 0 amide bonds. The quantitative estimate of drug-likeness (QED) is 0.651. The molecule has 3 rings (SSSR count). The van der Waals surface area contributed by atoms with E-state index in [2.05, 4.69) is 47.8 Å². The molecule has 2 aromatic carbocycles. The van der Waals surface area contributed by atoms with Crippen LogP contribution in [0.3, 0.4) is 0 Å². The van der Waals surface area contributed by atoms with E-state index in [1.807, 2.05) is 0 Å². The molecule has 0 unspecified atom stereocenters. The SMILES string of the molecule is c1ccc2c([C@H]3CN3)cccc2c1. The summed E-state index contributed by atoms with van der Waals surface area (Å²) in [6.07, 6.45) is 0. The fraction of sp³-hybridized carbons (Fsp3) is 0.167. The molecule has 1 saturated heterocycles. The van der Waals surface area contributed by atoms with Crippen molar-refractivity contribution in [2.24, 2.45) is 0 Å². The number of hydrogen-bond acceptors (Lipinski definition) is 1. The Bertz CT molecular complexity index is 438. The van der Waals surface area contributed by atoms with Gasteiger partial charge in [-0.2, -0.15) is 0 Å². The molecule has 1 heterocycles. The number of hydrogen-bond donors (Lipinski definition) is 1. The Morgan fingerprint density at radius 1 is 1.00 bits per heavy atom. The second-order valence-electron chi connectivity index (χ2n) is 3.53. The summed E-state index contributed by atoms with van der Waals surface area (Å²) in [7, 11) is 0. The Kier molecular flexibility index (Phi) is 1.41.